The van der Waals surface area contributed by atoms with Gasteiger partial charge in [-0.25, -0.2) is 0 Å². The van der Waals surface area contributed by atoms with E-state index in [9.17, 15) is 4.79 Å². The van der Waals surface area contributed by atoms with Gasteiger partial charge in [-0.2, -0.15) is 0 Å². The molecule has 0 aromatic heterocycles. The molecule has 0 radical (unpaired) electrons. The zero-order valence-electron chi connectivity index (χ0n) is 11.5. The van der Waals surface area contributed by atoms with E-state index in [1.165, 1.54) is 0 Å². The SMILES string of the molecule is CN(CC1CC(Br)C1)C(=O)c1ccc2c(c1)OCCO2. The summed E-state index contributed by atoms with van der Waals surface area (Å²) in [6, 6.07) is 5.40. The average molecular weight is 340 g/mol. The van der Waals surface area contributed by atoms with E-state index in [1.807, 2.05) is 13.1 Å². The van der Waals surface area contributed by atoms with Crippen LogP contribution in [0, 0.1) is 5.92 Å². The van der Waals surface area contributed by atoms with Gasteiger partial charge in [0.25, 0.3) is 5.91 Å². The Morgan fingerprint density at radius 2 is 2.00 bits per heavy atom. The van der Waals surface area contributed by atoms with Gasteiger partial charge in [-0.15, -0.1) is 0 Å². The van der Waals surface area contributed by atoms with Crippen molar-refractivity contribution in [2.24, 2.45) is 5.92 Å². The minimum absolute atomic E-state index is 0.0417. The zero-order valence-corrected chi connectivity index (χ0v) is 13.1. The van der Waals surface area contributed by atoms with Gasteiger partial charge < -0.3 is 14.4 Å². The first-order valence-electron chi connectivity index (χ1n) is 6.92. The first-order valence-corrected chi connectivity index (χ1v) is 7.84. The van der Waals surface area contributed by atoms with E-state index in [1.54, 1.807) is 17.0 Å². The van der Waals surface area contributed by atoms with Crippen molar-refractivity contribution in [2.45, 2.75) is 17.7 Å². The molecular weight excluding hydrogens is 322 g/mol. The van der Waals surface area contributed by atoms with E-state index in [0.29, 0.717) is 35.3 Å². The van der Waals surface area contributed by atoms with Crippen LogP contribution in [0.5, 0.6) is 11.5 Å². The number of nitrogens with zero attached hydrogens (tertiary/aromatic N) is 1. The number of benzene rings is 1. The molecule has 0 bridgehead atoms. The number of halogens is 1. The summed E-state index contributed by atoms with van der Waals surface area (Å²) in [4.78, 5) is 14.8. The number of fused-ring (bicyclic) bond motifs is 1. The Hall–Kier alpha value is -1.23. The van der Waals surface area contributed by atoms with Gasteiger partial charge in [0.2, 0.25) is 0 Å². The van der Waals surface area contributed by atoms with Crippen LogP contribution in [-0.4, -0.2) is 42.4 Å². The molecule has 0 saturated heterocycles. The summed E-state index contributed by atoms with van der Waals surface area (Å²) >= 11 is 3.58. The largest absolute Gasteiger partial charge is 0.486 e. The molecule has 1 aromatic carbocycles. The lowest BCUT2D eigenvalue weighted by molar-refractivity contribution is 0.0747. The highest BCUT2D eigenvalue weighted by atomic mass is 79.9. The van der Waals surface area contributed by atoms with Crippen molar-refractivity contribution in [1.29, 1.82) is 0 Å². The molecule has 0 N–H and O–H groups in total. The van der Waals surface area contributed by atoms with Crippen LogP contribution in [0.4, 0.5) is 0 Å². The van der Waals surface area contributed by atoms with Crippen LogP contribution in [0.3, 0.4) is 0 Å². The zero-order chi connectivity index (χ0) is 14.1. The van der Waals surface area contributed by atoms with Crippen LogP contribution in [0.15, 0.2) is 18.2 Å². The Bertz CT molecular complexity index is 514. The lowest BCUT2D eigenvalue weighted by atomic mass is 9.85. The second-order valence-corrected chi connectivity index (χ2v) is 6.77. The molecule has 0 spiro atoms. The van der Waals surface area contributed by atoms with Crippen LogP contribution in [0.2, 0.25) is 0 Å². The number of hydrogen-bond donors (Lipinski definition) is 0. The van der Waals surface area contributed by atoms with Gasteiger partial charge in [-0.05, 0) is 37.0 Å². The Morgan fingerprint density at radius 3 is 2.70 bits per heavy atom. The average Bonchev–Trinajstić information content (AvgIpc) is 2.44. The molecule has 1 fully saturated rings. The predicted molar refractivity (Wildman–Crippen MR) is 79.8 cm³/mol. The van der Waals surface area contributed by atoms with Crippen molar-refractivity contribution in [3.8, 4) is 11.5 Å². The van der Waals surface area contributed by atoms with E-state index in [2.05, 4.69) is 15.9 Å². The van der Waals surface area contributed by atoms with Crippen molar-refractivity contribution in [3.63, 3.8) is 0 Å². The van der Waals surface area contributed by atoms with Gasteiger partial charge in [0.1, 0.15) is 13.2 Å². The highest BCUT2D eigenvalue weighted by Crippen LogP contribution is 2.34. The summed E-state index contributed by atoms with van der Waals surface area (Å²) in [6.45, 7) is 1.92. The van der Waals surface area contributed by atoms with Crippen molar-refractivity contribution >= 4 is 21.8 Å². The van der Waals surface area contributed by atoms with Gasteiger partial charge in [0, 0.05) is 24.0 Å². The summed E-state index contributed by atoms with van der Waals surface area (Å²) in [5.41, 5.74) is 0.659. The second kappa shape index (κ2) is 5.64. The molecule has 5 heteroatoms. The molecule has 20 heavy (non-hydrogen) atoms. The number of ether oxygens (including phenoxy) is 2. The fraction of sp³-hybridized carbons (Fsp3) is 0.533. The van der Waals surface area contributed by atoms with Crippen LogP contribution in [-0.2, 0) is 0 Å². The number of rotatable bonds is 3. The van der Waals surface area contributed by atoms with Crippen LogP contribution in [0.25, 0.3) is 0 Å². The lowest BCUT2D eigenvalue weighted by Crippen LogP contribution is -2.37. The minimum atomic E-state index is 0.0417. The summed E-state index contributed by atoms with van der Waals surface area (Å²) in [5, 5.41) is 0. The molecule has 1 aliphatic heterocycles. The number of carbonyl (C=O) groups excluding carboxylic acids is 1. The Balaban J connectivity index is 1.67. The number of carbonyl (C=O) groups is 1. The molecule has 0 atom stereocenters. The van der Waals surface area contributed by atoms with E-state index < -0.39 is 0 Å². The van der Waals surface area contributed by atoms with Gasteiger partial charge >= 0.3 is 0 Å². The molecule has 3 rings (SSSR count). The molecule has 1 aliphatic carbocycles. The molecule has 108 valence electrons. The lowest BCUT2D eigenvalue weighted by Gasteiger charge is -2.34. The monoisotopic (exact) mass is 339 g/mol. The van der Waals surface area contributed by atoms with E-state index in [4.69, 9.17) is 9.47 Å². The first-order chi connectivity index (χ1) is 9.63. The Morgan fingerprint density at radius 1 is 1.30 bits per heavy atom. The van der Waals surface area contributed by atoms with E-state index >= 15 is 0 Å². The first kappa shape index (κ1) is 13.7. The third-order valence-corrected chi connectivity index (χ3v) is 4.59. The highest BCUT2D eigenvalue weighted by molar-refractivity contribution is 9.09. The third kappa shape index (κ3) is 2.77. The maximum Gasteiger partial charge on any atom is 0.253 e. The van der Waals surface area contributed by atoms with E-state index in [-0.39, 0.29) is 5.91 Å². The van der Waals surface area contributed by atoms with Crippen molar-refractivity contribution in [3.05, 3.63) is 23.8 Å². The van der Waals surface area contributed by atoms with Gasteiger partial charge in [-0.1, -0.05) is 15.9 Å². The van der Waals surface area contributed by atoms with Crippen LogP contribution >= 0.6 is 15.9 Å². The molecule has 0 unspecified atom stereocenters. The number of alkyl halides is 1. The standard InChI is InChI=1S/C15H18BrNO3/c1-17(9-10-6-12(16)7-10)15(18)11-2-3-13-14(8-11)20-5-4-19-13/h2-3,8,10,12H,4-7,9H2,1H3. The number of amides is 1. The Labute approximate surface area is 127 Å². The second-order valence-electron chi connectivity index (χ2n) is 5.48. The molecule has 1 saturated carbocycles. The van der Waals surface area contributed by atoms with Crippen LogP contribution < -0.4 is 9.47 Å². The minimum Gasteiger partial charge on any atom is -0.486 e. The molecule has 1 aromatic rings. The molecular formula is C15H18BrNO3. The summed E-state index contributed by atoms with van der Waals surface area (Å²) < 4.78 is 11.0. The maximum atomic E-state index is 12.4. The van der Waals surface area contributed by atoms with Crippen molar-refractivity contribution in [2.75, 3.05) is 26.8 Å². The molecule has 4 nitrogen and oxygen atoms in total. The Kier molecular flexibility index (Phi) is 3.87. The summed E-state index contributed by atoms with van der Waals surface area (Å²) in [6.07, 6.45) is 2.30. The van der Waals surface area contributed by atoms with Gasteiger partial charge in [0.15, 0.2) is 11.5 Å². The van der Waals surface area contributed by atoms with Crippen molar-refractivity contribution in [1.82, 2.24) is 4.90 Å². The maximum absolute atomic E-state index is 12.4. The molecule has 1 amide bonds. The molecule has 1 heterocycles. The summed E-state index contributed by atoms with van der Waals surface area (Å²) in [5.74, 6) is 2.04. The topological polar surface area (TPSA) is 38.8 Å². The predicted octanol–water partition coefficient (Wildman–Crippen LogP) is 2.70. The highest BCUT2D eigenvalue weighted by Gasteiger charge is 2.29. The quantitative estimate of drug-likeness (QED) is 0.795. The summed E-state index contributed by atoms with van der Waals surface area (Å²) in [7, 11) is 1.86. The molecule has 2 aliphatic rings. The van der Waals surface area contributed by atoms with Crippen molar-refractivity contribution < 1.29 is 14.3 Å². The smallest absolute Gasteiger partial charge is 0.253 e. The third-order valence-electron chi connectivity index (χ3n) is 3.85. The number of hydrogen-bond acceptors (Lipinski definition) is 3. The normalized spacial score (nSPS) is 23.9. The van der Waals surface area contributed by atoms with E-state index in [0.717, 1.165) is 25.1 Å². The van der Waals surface area contributed by atoms with Gasteiger partial charge in [0.05, 0.1) is 0 Å². The van der Waals surface area contributed by atoms with Gasteiger partial charge in [-0.3, -0.25) is 4.79 Å². The van der Waals surface area contributed by atoms with Crippen LogP contribution in [0.1, 0.15) is 23.2 Å². The fourth-order valence-corrected chi connectivity index (χ4v) is 3.73. The fourth-order valence-electron chi connectivity index (χ4n) is 2.67.